The average Bonchev–Trinajstić information content (AvgIpc) is 2.27. The quantitative estimate of drug-likeness (QED) is 0.940. The Morgan fingerprint density at radius 1 is 1.28 bits per heavy atom. The molecule has 1 atom stereocenters. The van der Waals surface area contributed by atoms with Crippen LogP contribution in [0.2, 0.25) is 0 Å². The summed E-state index contributed by atoms with van der Waals surface area (Å²) >= 11 is 3.24. The van der Waals surface area contributed by atoms with Crippen LogP contribution in [0, 0.1) is 12.7 Å². The lowest BCUT2D eigenvalue weighted by molar-refractivity contribution is 0.178. The highest BCUT2D eigenvalue weighted by molar-refractivity contribution is 9.10. The highest BCUT2D eigenvalue weighted by atomic mass is 79.9. The molecular weight excluding hydrogens is 297 g/mol. The van der Waals surface area contributed by atoms with Gasteiger partial charge >= 0.3 is 0 Å². The van der Waals surface area contributed by atoms with E-state index in [1.54, 1.807) is 18.5 Å². The van der Waals surface area contributed by atoms with Crippen molar-refractivity contribution in [2.24, 2.45) is 0 Å². The van der Waals surface area contributed by atoms with E-state index in [9.17, 15) is 9.50 Å². The van der Waals surface area contributed by atoms with E-state index in [1.165, 1.54) is 12.1 Å². The SMILES string of the molecule is Cc1cncc(C(O)Cc2cc(F)cc(Br)c2)c1. The van der Waals surface area contributed by atoms with Gasteiger partial charge in [-0.05, 0) is 41.8 Å². The molecule has 0 spiro atoms. The molecule has 0 radical (unpaired) electrons. The molecule has 1 N–H and O–H groups in total. The Hall–Kier alpha value is -1.26. The van der Waals surface area contributed by atoms with E-state index in [0.29, 0.717) is 10.9 Å². The number of pyridine rings is 1. The molecule has 1 aromatic heterocycles. The summed E-state index contributed by atoms with van der Waals surface area (Å²) in [6.07, 6.45) is 3.05. The molecular formula is C14H13BrFNO. The summed E-state index contributed by atoms with van der Waals surface area (Å²) in [6.45, 7) is 1.92. The third-order valence-corrected chi connectivity index (χ3v) is 3.09. The molecule has 18 heavy (non-hydrogen) atoms. The van der Waals surface area contributed by atoms with Crippen molar-refractivity contribution >= 4 is 15.9 Å². The fraction of sp³-hybridized carbons (Fsp3) is 0.214. The third kappa shape index (κ3) is 3.37. The summed E-state index contributed by atoms with van der Waals surface area (Å²) in [5, 5.41) is 10.1. The minimum Gasteiger partial charge on any atom is -0.388 e. The van der Waals surface area contributed by atoms with Gasteiger partial charge in [0.15, 0.2) is 0 Å². The molecule has 0 saturated heterocycles. The molecule has 2 nitrogen and oxygen atoms in total. The van der Waals surface area contributed by atoms with Crippen LogP contribution >= 0.6 is 15.9 Å². The van der Waals surface area contributed by atoms with Gasteiger partial charge < -0.3 is 5.11 Å². The first-order valence-corrected chi connectivity index (χ1v) is 6.38. The van der Waals surface area contributed by atoms with E-state index < -0.39 is 6.10 Å². The Morgan fingerprint density at radius 2 is 2.06 bits per heavy atom. The van der Waals surface area contributed by atoms with Crippen LogP contribution in [0.25, 0.3) is 0 Å². The van der Waals surface area contributed by atoms with Crippen molar-refractivity contribution in [3.63, 3.8) is 0 Å². The van der Waals surface area contributed by atoms with Crippen molar-refractivity contribution in [1.29, 1.82) is 0 Å². The molecule has 1 heterocycles. The summed E-state index contributed by atoms with van der Waals surface area (Å²) < 4.78 is 13.9. The van der Waals surface area contributed by atoms with Crippen LogP contribution < -0.4 is 0 Å². The molecule has 0 aliphatic heterocycles. The lowest BCUT2D eigenvalue weighted by Gasteiger charge is -2.11. The lowest BCUT2D eigenvalue weighted by Crippen LogP contribution is -2.03. The maximum Gasteiger partial charge on any atom is 0.124 e. The molecule has 2 aromatic rings. The van der Waals surface area contributed by atoms with Gasteiger partial charge in [-0.3, -0.25) is 4.98 Å². The van der Waals surface area contributed by atoms with E-state index in [4.69, 9.17) is 0 Å². The largest absolute Gasteiger partial charge is 0.388 e. The van der Waals surface area contributed by atoms with Gasteiger partial charge in [-0.1, -0.05) is 22.0 Å². The Labute approximate surface area is 114 Å². The first kappa shape index (κ1) is 13.2. The minimum absolute atomic E-state index is 0.311. The fourth-order valence-electron chi connectivity index (χ4n) is 1.83. The molecule has 4 heteroatoms. The van der Waals surface area contributed by atoms with Crippen LogP contribution in [0.1, 0.15) is 22.8 Å². The summed E-state index contributed by atoms with van der Waals surface area (Å²) in [6, 6.07) is 6.50. The second-order valence-electron chi connectivity index (χ2n) is 4.29. The van der Waals surface area contributed by atoms with E-state index in [2.05, 4.69) is 20.9 Å². The number of hydrogen-bond acceptors (Lipinski definition) is 2. The van der Waals surface area contributed by atoms with Gasteiger partial charge in [0.05, 0.1) is 6.10 Å². The van der Waals surface area contributed by atoms with Crippen LogP contribution in [0.15, 0.2) is 41.1 Å². The average molecular weight is 310 g/mol. The number of aromatic nitrogens is 1. The molecule has 0 fully saturated rings. The van der Waals surface area contributed by atoms with Gasteiger partial charge in [-0.2, -0.15) is 0 Å². The van der Waals surface area contributed by atoms with Gasteiger partial charge in [0, 0.05) is 23.3 Å². The van der Waals surface area contributed by atoms with Gasteiger partial charge in [-0.15, -0.1) is 0 Å². The molecule has 0 aliphatic rings. The smallest absolute Gasteiger partial charge is 0.124 e. The first-order chi connectivity index (χ1) is 8.54. The zero-order valence-electron chi connectivity index (χ0n) is 9.90. The van der Waals surface area contributed by atoms with E-state index >= 15 is 0 Å². The fourth-order valence-corrected chi connectivity index (χ4v) is 2.34. The molecule has 1 aromatic carbocycles. The second kappa shape index (κ2) is 5.59. The Kier molecular flexibility index (Phi) is 4.09. The summed E-state index contributed by atoms with van der Waals surface area (Å²) in [5.74, 6) is -0.311. The molecule has 0 saturated carbocycles. The first-order valence-electron chi connectivity index (χ1n) is 5.59. The number of nitrogens with zero attached hydrogens (tertiary/aromatic N) is 1. The molecule has 94 valence electrons. The van der Waals surface area contributed by atoms with Crippen molar-refractivity contribution in [2.45, 2.75) is 19.4 Å². The highest BCUT2D eigenvalue weighted by Gasteiger charge is 2.10. The molecule has 2 rings (SSSR count). The van der Waals surface area contributed by atoms with Crippen molar-refractivity contribution in [1.82, 2.24) is 4.98 Å². The van der Waals surface area contributed by atoms with Crippen LogP contribution in [0.3, 0.4) is 0 Å². The number of hydrogen-bond donors (Lipinski definition) is 1. The third-order valence-electron chi connectivity index (χ3n) is 2.63. The van der Waals surface area contributed by atoms with Crippen molar-refractivity contribution in [3.8, 4) is 0 Å². The van der Waals surface area contributed by atoms with Gasteiger partial charge in [0.2, 0.25) is 0 Å². The monoisotopic (exact) mass is 309 g/mol. The standard InChI is InChI=1S/C14H13BrFNO/c1-9-2-11(8-17-7-9)14(18)5-10-3-12(15)6-13(16)4-10/h2-4,6-8,14,18H,5H2,1H3. The van der Waals surface area contributed by atoms with Gasteiger partial charge in [0.1, 0.15) is 5.82 Å². The van der Waals surface area contributed by atoms with Gasteiger partial charge in [0.25, 0.3) is 0 Å². The summed E-state index contributed by atoms with van der Waals surface area (Å²) in [5.41, 5.74) is 2.48. The Bertz CT molecular complexity index is 539. The predicted octanol–water partition coefficient (Wildman–Crippen LogP) is 3.57. The molecule has 0 bridgehead atoms. The second-order valence-corrected chi connectivity index (χ2v) is 5.21. The molecule has 1 unspecified atom stereocenters. The minimum atomic E-state index is -0.675. The normalized spacial score (nSPS) is 12.4. The van der Waals surface area contributed by atoms with Crippen molar-refractivity contribution in [3.05, 3.63) is 63.6 Å². The van der Waals surface area contributed by atoms with E-state index in [0.717, 1.165) is 16.7 Å². The zero-order chi connectivity index (χ0) is 13.1. The van der Waals surface area contributed by atoms with Crippen LogP contribution in [-0.4, -0.2) is 10.1 Å². The summed E-state index contributed by atoms with van der Waals surface area (Å²) in [4.78, 5) is 4.04. The van der Waals surface area contributed by atoms with Crippen LogP contribution in [0.4, 0.5) is 4.39 Å². The van der Waals surface area contributed by atoms with E-state index in [-0.39, 0.29) is 5.82 Å². The van der Waals surface area contributed by atoms with Crippen LogP contribution in [-0.2, 0) is 6.42 Å². The van der Waals surface area contributed by atoms with Crippen LogP contribution in [0.5, 0.6) is 0 Å². The molecule has 0 amide bonds. The van der Waals surface area contributed by atoms with Crippen molar-refractivity contribution < 1.29 is 9.50 Å². The maximum atomic E-state index is 13.2. The van der Waals surface area contributed by atoms with Crippen molar-refractivity contribution in [2.75, 3.05) is 0 Å². The topological polar surface area (TPSA) is 33.1 Å². The number of rotatable bonds is 3. The number of halogens is 2. The Morgan fingerprint density at radius 3 is 2.72 bits per heavy atom. The zero-order valence-corrected chi connectivity index (χ0v) is 11.5. The van der Waals surface area contributed by atoms with Gasteiger partial charge in [-0.25, -0.2) is 4.39 Å². The van der Waals surface area contributed by atoms with E-state index in [1.807, 2.05) is 13.0 Å². The predicted molar refractivity (Wildman–Crippen MR) is 71.7 cm³/mol. The number of aryl methyl sites for hydroxylation is 1. The number of benzene rings is 1. The molecule has 0 aliphatic carbocycles. The number of aliphatic hydroxyl groups excluding tert-OH is 1. The maximum absolute atomic E-state index is 13.2. The Balaban J connectivity index is 2.18. The number of aliphatic hydroxyl groups is 1. The lowest BCUT2D eigenvalue weighted by atomic mass is 10.0. The highest BCUT2D eigenvalue weighted by Crippen LogP contribution is 2.21. The summed E-state index contributed by atoms with van der Waals surface area (Å²) in [7, 11) is 0.